The van der Waals surface area contributed by atoms with Gasteiger partial charge >= 0.3 is 6.03 Å². The first-order chi connectivity index (χ1) is 18.8. The molecule has 2 fully saturated rings. The second-order valence-corrected chi connectivity index (χ2v) is 10.7. The second-order valence-electron chi connectivity index (χ2n) is 10.7. The number of urea groups is 1. The molecule has 3 amide bonds. The van der Waals surface area contributed by atoms with Crippen LogP contribution in [0.4, 0.5) is 4.79 Å². The van der Waals surface area contributed by atoms with Gasteiger partial charge in [0.05, 0.1) is 31.8 Å². The Morgan fingerprint density at radius 2 is 1.87 bits per heavy atom. The molecule has 2 aromatic carbocycles. The Bertz CT molecular complexity index is 1500. The van der Waals surface area contributed by atoms with Crippen molar-refractivity contribution in [2.75, 3.05) is 33.9 Å². The van der Waals surface area contributed by atoms with Crippen LogP contribution in [0, 0.1) is 0 Å². The third-order valence-electron chi connectivity index (χ3n) is 8.75. The van der Waals surface area contributed by atoms with Crippen LogP contribution in [-0.2, 0) is 13.6 Å². The van der Waals surface area contributed by atoms with Crippen LogP contribution in [0.25, 0.3) is 10.9 Å². The summed E-state index contributed by atoms with van der Waals surface area (Å²) in [4.78, 5) is 33.3. The van der Waals surface area contributed by atoms with E-state index in [0.29, 0.717) is 50.5 Å². The van der Waals surface area contributed by atoms with E-state index in [2.05, 4.69) is 18.1 Å². The van der Waals surface area contributed by atoms with Crippen LogP contribution < -0.4 is 9.47 Å². The number of hydrogen-bond donors (Lipinski definition) is 0. The summed E-state index contributed by atoms with van der Waals surface area (Å²) in [5.41, 5.74) is 4.12. The molecule has 9 heteroatoms. The largest absolute Gasteiger partial charge is 0.497 e. The van der Waals surface area contributed by atoms with E-state index in [0.717, 1.165) is 33.5 Å². The minimum absolute atomic E-state index is 0.0149. The number of allylic oxidation sites excluding steroid dienone is 1. The molecular weight excluding hydrogens is 494 g/mol. The van der Waals surface area contributed by atoms with Crippen LogP contribution in [0.3, 0.4) is 0 Å². The molecule has 3 aromatic rings. The number of aromatic nitrogens is 2. The number of methoxy groups -OCH3 is 2. The summed E-state index contributed by atoms with van der Waals surface area (Å²) in [7, 11) is 5.18. The Hall–Kier alpha value is -4.01. The topological polar surface area (TPSA) is 80.1 Å². The number of ether oxygens (including phenoxy) is 2. The molecule has 0 aliphatic carbocycles. The van der Waals surface area contributed by atoms with Gasteiger partial charge in [0.15, 0.2) is 5.69 Å². The number of benzene rings is 2. The van der Waals surface area contributed by atoms with Gasteiger partial charge in [-0.3, -0.25) is 14.4 Å². The van der Waals surface area contributed by atoms with Crippen LogP contribution in [0.15, 0.2) is 48.2 Å². The summed E-state index contributed by atoms with van der Waals surface area (Å²) >= 11 is 0. The molecule has 4 heterocycles. The lowest BCUT2D eigenvalue weighted by Crippen LogP contribution is -2.54. The summed E-state index contributed by atoms with van der Waals surface area (Å²) in [5, 5.41) is 5.42. The highest BCUT2D eigenvalue weighted by atomic mass is 16.5. The van der Waals surface area contributed by atoms with Crippen molar-refractivity contribution < 1.29 is 19.1 Å². The van der Waals surface area contributed by atoms with Crippen molar-refractivity contribution in [1.29, 1.82) is 0 Å². The Labute approximate surface area is 228 Å². The van der Waals surface area contributed by atoms with Crippen molar-refractivity contribution >= 4 is 22.8 Å². The van der Waals surface area contributed by atoms with Gasteiger partial charge in [0.1, 0.15) is 11.5 Å². The number of nitrogens with zero attached hydrogens (tertiary/aromatic N) is 5. The molecule has 3 aliphatic heterocycles. The summed E-state index contributed by atoms with van der Waals surface area (Å²) in [6.45, 7) is 6.36. The van der Waals surface area contributed by atoms with Crippen molar-refractivity contribution in [3.63, 3.8) is 0 Å². The van der Waals surface area contributed by atoms with E-state index in [9.17, 15) is 9.59 Å². The Morgan fingerprint density at radius 1 is 1.13 bits per heavy atom. The summed E-state index contributed by atoms with van der Waals surface area (Å²) < 4.78 is 13.0. The highest BCUT2D eigenvalue weighted by molar-refractivity contribution is 6.05. The number of amides is 3. The van der Waals surface area contributed by atoms with E-state index in [1.54, 1.807) is 18.9 Å². The number of carbonyl (C=O) groups excluding carboxylic acids is 2. The van der Waals surface area contributed by atoms with Crippen molar-refractivity contribution in [3.8, 4) is 11.5 Å². The maximum absolute atomic E-state index is 13.9. The molecule has 1 spiro atoms. The normalized spacial score (nSPS) is 20.1. The van der Waals surface area contributed by atoms with Crippen LogP contribution in [0.5, 0.6) is 11.5 Å². The smallest absolute Gasteiger partial charge is 0.325 e. The number of rotatable bonds is 4. The summed E-state index contributed by atoms with van der Waals surface area (Å²) in [6, 6.07) is 11.8. The lowest BCUT2D eigenvalue weighted by atomic mass is 9.82. The number of carbonyl (C=O) groups is 2. The lowest BCUT2D eigenvalue weighted by molar-refractivity contribution is 0.0571. The predicted octanol–water partition coefficient (Wildman–Crippen LogP) is 4.52. The zero-order valence-corrected chi connectivity index (χ0v) is 23.2. The van der Waals surface area contributed by atoms with Gasteiger partial charge in [-0.15, -0.1) is 0 Å². The van der Waals surface area contributed by atoms with E-state index in [1.807, 2.05) is 65.1 Å². The SMILES string of the molecule is CCN1C(=O)N2Cc3cc(OC)cc(OC)c3[C@@H](C)C=C2C12CCN(C(=O)c1nn(C)c3ccccc13)CC2. The molecule has 9 nitrogen and oxygen atoms in total. The van der Waals surface area contributed by atoms with Crippen LogP contribution in [0.2, 0.25) is 0 Å². The van der Waals surface area contributed by atoms with E-state index in [4.69, 9.17) is 9.47 Å². The third-order valence-corrected chi connectivity index (χ3v) is 8.75. The Kier molecular flexibility index (Phi) is 6.04. The van der Waals surface area contributed by atoms with E-state index < -0.39 is 5.54 Å². The number of para-hydroxylation sites is 1. The van der Waals surface area contributed by atoms with Gasteiger partial charge in [0.2, 0.25) is 0 Å². The molecule has 3 aliphatic rings. The number of likely N-dealkylation sites (N-methyl/N-ethyl adjacent to an activating group) is 1. The van der Waals surface area contributed by atoms with Crippen LogP contribution in [-0.4, -0.2) is 75.8 Å². The van der Waals surface area contributed by atoms with Crippen molar-refractivity contribution in [1.82, 2.24) is 24.5 Å². The molecule has 6 rings (SSSR count). The Balaban J connectivity index is 1.33. The van der Waals surface area contributed by atoms with Gasteiger partial charge in [-0.25, -0.2) is 4.79 Å². The monoisotopic (exact) mass is 529 g/mol. The van der Waals surface area contributed by atoms with Gasteiger partial charge in [0, 0.05) is 55.3 Å². The van der Waals surface area contributed by atoms with Gasteiger partial charge in [0.25, 0.3) is 5.91 Å². The molecule has 0 N–H and O–H groups in total. The maximum Gasteiger partial charge on any atom is 0.325 e. The van der Waals surface area contributed by atoms with Gasteiger partial charge in [-0.05, 0) is 37.5 Å². The van der Waals surface area contributed by atoms with E-state index in [1.165, 1.54) is 0 Å². The average molecular weight is 530 g/mol. The fourth-order valence-electron chi connectivity index (χ4n) is 6.87. The predicted molar refractivity (Wildman–Crippen MR) is 148 cm³/mol. The number of fused-ring (bicyclic) bond motifs is 4. The fourth-order valence-corrected chi connectivity index (χ4v) is 6.87. The highest BCUT2D eigenvalue weighted by Gasteiger charge is 2.55. The first kappa shape index (κ1) is 25.3. The zero-order valence-electron chi connectivity index (χ0n) is 23.2. The number of aryl methyl sites for hydroxylation is 1. The summed E-state index contributed by atoms with van der Waals surface area (Å²) in [5.74, 6) is 1.47. The molecular formula is C30H35N5O4. The van der Waals surface area contributed by atoms with Crippen molar-refractivity contribution in [2.24, 2.45) is 7.05 Å². The molecule has 39 heavy (non-hydrogen) atoms. The quantitative estimate of drug-likeness (QED) is 0.496. The van der Waals surface area contributed by atoms with Crippen molar-refractivity contribution in [2.45, 2.75) is 44.7 Å². The van der Waals surface area contributed by atoms with E-state index >= 15 is 0 Å². The van der Waals surface area contributed by atoms with Crippen molar-refractivity contribution in [3.05, 3.63) is 65.0 Å². The van der Waals surface area contributed by atoms with Crippen LogP contribution >= 0.6 is 0 Å². The minimum atomic E-state index is -0.456. The molecule has 1 atom stereocenters. The summed E-state index contributed by atoms with van der Waals surface area (Å²) in [6.07, 6.45) is 3.59. The number of hydrogen-bond acceptors (Lipinski definition) is 5. The number of piperidine rings is 1. The molecule has 0 saturated carbocycles. The molecule has 2 saturated heterocycles. The first-order valence-corrected chi connectivity index (χ1v) is 13.6. The molecule has 0 bridgehead atoms. The molecule has 1 aromatic heterocycles. The Morgan fingerprint density at radius 3 is 2.56 bits per heavy atom. The molecule has 204 valence electrons. The highest BCUT2D eigenvalue weighted by Crippen LogP contribution is 2.49. The van der Waals surface area contributed by atoms with E-state index in [-0.39, 0.29) is 17.9 Å². The molecule has 0 radical (unpaired) electrons. The van der Waals surface area contributed by atoms with Gasteiger partial charge < -0.3 is 19.3 Å². The lowest BCUT2D eigenvalue weighted by Gasteiger charge is -2.44. The van der Waals surface area contributed by atoms with Gasteiger partial charge in [-0.1, -0.05) is 31.2 Å². The second kappa shape index (κ2) is 9.32. The zero-order chi connectivity index (χ0) is 27.5. The molecule has 0 unspecified atom stereocenters. The first-order valence-electron chi connectivity index (χ1n) is 13.6. The average Bonchev–Trinajstić information content (AvgIpc) is 3.32. The number of likely N-dealkylation sites (tertiary alicyclic amines) is 1. The fraction of sp³-hybridized carbons (Fsp3) is 0.433. The van der Waals surface area contributed by atoms with Gasteiger partial charge in [-0.2, -0.15) is 5.10 Å². The standard InChI is InChI=1S/C30H35N5O4/c1-6-35-29(37)34-18-20-16-21(38-4)17-24(39-5)26(20)19(2)15-25(34)30(35)11-13-33(14-12-30)28(36)27-22-9-7-8-10-23(22)32(3)31-27/h7-10,15-17,19H,6,11-14,18H2,1-5H3/t19-/m0/s1. The third kappa shape index (κ3) is 3.70. The maximum atomic E-state index is 13.9. The van der Waals surface area contributed by atoms with Crippen LogP contribution in [0.1, 0.15) is 54.2 Å². The minimum Gasteiger partial charge on any atom is -0.497 e.